The lowest BCUT2D eigenvalue weighted by molar-refractivity contribution is 0.684. The molecule has 0 saturated heterocycles. The second-order valence-corrected chi connectivity index (χ2v) is 6.19. The Hall–Kier alpha value is -1.14. The molecule has 20 heavy (non-hydrogen) atoms. The normalized spacial score (nSPS) is 12.2. The summed E-state index contributed by atoms with van der Waals surface area (Å²) in [6.07, 6.45) is 3.79. The average Bonchev–Trinajstić information content (AvgIpc) is 2.97. The standard InChI is InChI=1S/C14H19BrN4S/c1-3-6-10(11-7-5-8-20-11)19-14-12(15)13(16-4-2)17-9-18-14/h5,7-10H,3-4,6H2,1-2H3,(H2,16,17,18,19). The largest absolute Gasteiger partial charge is 0.369 e. The number of hydrogen-bond donors (Lipinski definition) is 2. The molecule has 0 aliphatic rings. The predicted molar refractivity (Wildman–Crippen MR) is 89.5 cm³/mol. The van der Waals surface area contributed by atoms with Crippen LogP contribution in [0.25, 0.3) is 0 Å². The van der Waals surface area contributed by atoms with Crippen LogP contribution in [0.3, 0.4) is 0 Å². The molecule has 2 aromatic rings. The zero-order valence-corrected chi connectivity index (χ0v) is 14.1. The van der Waals surface area contributed by atoms with E-state index < -0.39 is 0 Å². The minimum absolute atomic E-state index is 0.292. The van der Waals surface area contributed by atoms with E-state index in [0.717, 1.165) is 35.5 Å². The fraction of sp³-hybridized carbons (Fsp3) is 0.429. The Labute approximate surface area is 132 Å². The number of rotatable bonds is 7. The van der Waals surface area contributed by atoms with Crippen LogP contribution in [0.5, 0.6) is 0 Å². The Morgan fingerprint density at radius 3 is 2.75 bits per heavy atom. The van der Waals surface area contributed by atoms with E-state index in [9.17, 15) is 0 Å². The predicted octanol–water partition coefficient (Wildman–Crippen LogP) is 4.69. The van der Waals surface area contributed by atoms with E-state index in [1.807, 2.05) is 6.92 Å². The lowest BCUT2D eigenvalue weighted by Gasteiger charge is -2.19. The van der Waals surface area contributed by atoms with Gasteiger partial charge in [0, 0.05) is 11.4 Å². The third kappa shape index (κ3) is 3.70. The first kappa shape index (κ1) is 15.3. The number of nitrogens with zero attached hydrogens (tertiary/aromatic N) is 2. The lowest BCUT2D eigenvalue weighted by atomic mass is 10.1. The molecular weight excluding hydrogens is 336 g/mol. The maximum atomic E-state index is 4.35. The average molecular weight is 355 g/mol. The highest BCUT2D eigenvalue weighted by atomic mass is 79.9. The molecule has 0 radical (unpaired) electrons. The molecule has 108 valence electrons. The second kappa shape index (κ2) is 7.59. The molecule has 1 unspecified atom stereocenters. The van der Waals surface area contributed by atoms with Crippen molar-refractivity contribution in [2.45, 2.75) is 32.7 Å². The molecule has 2 aromatic heterocycles. The number of halogens is 1. The van der Waals surface area contributed by atoms with Gasteiger partial charge < -0.3 is 10.6 Å². The van der Waals surface area contributed by atoms with Gasteiger partial charge in [-0.2, -0.15) is 0 Å². The van der Waals surface area contributed by atoms with Crippen LogP contribution >= 0.6 is 27.3 Å². The van der Waals surface area contributed by atoms with Crippen molar-refractivity contribution in [1.29, 1.82) is 0 Å². The number of nitrogens with one attached hydrogen (secondary N) is 2. The zero-order valence-electron chi connectivity index (χ0n) is 11.7. The van der Waals surface area contributed by atoms with Gasteiger partial charge >= 0.3 is 0 Å². The van der Waals surface area contributed by atoms with E-state index >= 15 is 0 Å². The molecule has 4 nitrogen and oxygen atoms in total. The minimum Gasteiger partial charge on any atom is -0.369 e. The molecule has 0 fully saturated rings. The van der Waals surface area contributed by atoms with E-state index in [-0.39, 0.29) is 0 Å². The first-order valence-electron chi connectivity index (χ1n) is 6.80. The fourth-order valence-electron chi connectivity index (χ4n) is 1.99. The molecule has 0 aromatic carbocycles. The van der Waals surface area contributed by atoms with Crippen LogP contribution in [0.2, 0.25) is 0 Å². The Balaban J connectivity index is 2.20. The molecule has 1 atom stereocenters. The fourth-order valence-corrected chi connectivity index (χ4v) is 3.26. The summed E-state index contributed by atoms with van der Waals surface area (Å²) in [5.41, 5.74) is 0. The van der Waals surface area contributed by atoms with Crippen molar-refractivity contribution in [2.24, 2.45) is 0 Å². The molecule has 2 heterocycles. The smallest absolute Gasteiger partial charge is 0.146 e. The van der Waals surface area contributed by atoms with E-state index in [0.29, 0.717) is 6.04 Å². The Kier molecular flexibility index (Phi) is 5.79. The molecule has 0 spiro atoms. The van der Waals surface area contributed by atoms with Crippen molar-refractivity contribution in [1.82, 2.24) is 9.97 Å². The molecular formula is C14H19BrN4S. The highest BCUT2D eigenvalue weighted by Gasteiger charge is 2.15. The van der Waals surface area contributed by atoms with Crippen LogP contribution in [0.15, 0.2) is 28.3 Å². The highest BCUT2D eigenvalue weighted by molar-refractivity contribution is 9.10. The summed E-state index contributed by atoms with van der Waals surface area (Å²) in [6.45, 7) is 5.08. The number of aromatic nitrogens is 2. The summed E-state index contributed by atoms with van der Waals surface area (Å²) >= 11 is 5.35. The second-order valence-electron chi connectivity index (χ2n) is 4.42. The van der Waals surface area contributed by atoms with Gasteiger partial charge in [0.25, 0.3) is 0 Å². The van der Waals surface area contributed by atoms with Crippen molar-refractivity contribution in [3.05, 3.63) is 33.2 Å². The molecule has 2 N–H and O–H groups in total. The maximum Gasteiger partial charge on any atom is 0.146 e. The van der Waals surface area contributed by atoms with Crippen LogP contribution < -0.4 is 10.6 Å². The minimum atomic E-state index is 0.292. The van der Waals surface area contributed by atoms with Gasteiger partial charge in [0.1, 0.15) is 22.4 Å². The van der Waals surface area contributed by atoms with Crippen LogP contribution in [0, 0.1) is 0 Å². The molecule has 0 amide bonds. The summed E-state index contributed by atoms with van der Waals surface area (Å²) in [5.74, 6) is 1.66. The van der Waals surface area contributed by atoms with Crippen LogP contribution in [-0.2, 0) is 0 Å². The Morgan fingerprint density at radius 1 is 1.30 bits per heavy atom. The zero-order chi connectivity index (χ0) is 14.4. The maximum absolute atomic E-state index is 4.35. The van der Waals surface area contributed by atoms with Gasteiger partial charge in [-0.1, -0.05) is 19.4 Å². The van der Waals surface area contributed by atoms with E-state index in [4.69, 9.17) is 0 Å². The molecule has 0 saturated carbocycles. The van der Waals surface area contributed by atoms with E-state index in [1.54, 1.807) is 17.7 Å². The van der Waals surface area contributed by atoms with Crippen molar-refractivity contribution >= 4 is 38.9 Å². The van der Waals surface area contributed by atoms with Crippen molar-refractivity contribution < 1.29 is 0 Å². The Bertz CT molecular complexity index is 530. The number of thiophene rings is 1. The summed E-state index contributed by atoms with van der Waals surface area (Å²) < 4.78 is 0.888. The topological polar surface area (TPSA) is 49.8 Å². The van der Waals surface area contributed by atoms with Crippen LogP contribution in [0.1, 0.15) is 37.6 Å². The van der Waals surface area contributed by atoms with E-state index in [1.165, 1.54) is 4.88 Å². The molecule has 0 bridgehead atoms. The van der Waals surface area contributed by atoms with Crippen molar-refractivity contribution in [2.75, 3.05) is 17.2 Å². The third-order valence-corrected chi connectivity index (χ3v) is 4.65. The lowest BCUT2D eigenvalue weighted by Crippen LogP contribution is -2.12. The van der Waals surface area contributed by atoms with E-state index in [2.05, 4.69) is 61.0 Å². The highest BCUT2D eigenvalue weighted by Crippen LogP contribution is 2.32. The summed E-state index contributed by atoms with van der Waals surface area (Å²) in [6, 6.07) is 4.54. The number of anilines is 2. The molecule has 6 heteroatoms. The molecule has 0 aliphatic carbocycles. The monoisotopic (exact) mass is 354 g/mol. The van der Waals surface area contributed by atoms with Gasteiger partial charge in [0.15, 0.2) is 0 Å². The first-order valence-corrected chi connectivity index (χ1v) is 8.47. The van der Waals surface area contributed by atoms with Crippen molar-refractivity contribution in [3.63, 3.8) is 0 Å². The van der Waals surface area contributed by atoms with Crippen LogP contribution in [-0.4, -0.2) is 16.5 Å². The van der Waals surface area contributed by atoms with Crippen LogP contribution in [0.4, 0.5) is 11.6 Å². The van der Waals surface area contributed by atoms with Gasteiger partial charge in [-0.25, -0.2) is 9.97 Å². The molecule has 2 rings (SSSR count). The SMILES string of the molecule is CCCC(Nc1ncnc(NCC)c1Br)c1cccs1. The summed E-state index contributed by atoms with van der Waals surface area (Å²) in [7, 11) is 0. The number of hydrogen-bond acceptors (Lipinski definition) is 5. The van der Waals surface area contributed by atoms with Gasteiger partial charge in [-0.3, -0.25) is 0 Å². The summed E-state index contributed by atoms with van der Waals surface area (Å²) in [5, 5.41) is 8.85. The molecule has 0 aliphatic heterocycles. The van der Waals surface area contributed by atoms with Gasteiger partial charge in [0.05, 0.1) is 6.04 Å². The quantitative estimate of drug-likeness (QED) is 0.757. The first-order chi connectivity index (χ1) is 9.76. The van der Waals surface area contributed by atoms with Gasteiger partial charge in [-0.15, -0.1) is 11.3 Å². The third-order valence-electron chi connectivity index (χ3n) is 2.91. The summed E-state index contributed by atoms with van der Waals surface area (Å²) in [4.78, 5) is 9.92. The van der Waals surface area contributed by atoms with Crippen molar-refractivity contribution in [3.8, 4) is 0 Å². The Morgan fingerprint density at radius 2 is 2.10 bits per heavy atom. The van der Waals surface area contributed by atoms with Gasteiger partial charge in [-0.05, 0) is 40.7 Å². The van der Waals surface area contributed by atoms with Gasteiger partial charge in [0.2, 0.25) is 0 Å².